The van der Waals surface area contributed by atoms with Crippen molar-refractivity contribution in [2.45, 2.75) is 26.3 Å². The van der Waals surface area contributed by atoms with Crippen LogP contribution in [0.25, 0.3) is 0 Å². The van der Waals surface area contributed by atoms with Crippen molar-refractivity contribution in [3.05, 3.63) is 29.3 Å². The van der Waals surface area contributed by atoms with Crippen LogP contribution in [0.4, 0.5) is 5.69 Å². The number of anilines is 1. The van der Waals surface area contributed by atoms with Crippen LogP contribution in [0.3, 0.4) is 0 Å². The fourth-order valence-electron chi connectivity index (χ4n) is 1.82. The number of carbonyl (C=O) groups excluding carboxylic acids is 1. The van der Waals surface area contributed by atoms with Gasteiger partial charge in [-0.1, -0.05) is 12.1 Å². The summed E-state index contributed by atoms with van der Waals surface area (Å²) in [5, 5.41) is 15.0. The van der Waals surface area contributed by atoms with Crippen LogP contribution in [-0.2, 0) is 9.53 Å². The van der Waals surface area contributed by atoms with E-state index in [9.17, 15) is 4.79 Å². The summed E-state index contributed by atoms with van der Waals surface area (Å²) in [7, 11) is 1.63. The minimum absolute atomic E-state index is 0.0912. The van der Waals surface area contributed by atoms with Gasteiger partial charge in [0, 0.05) is 20.3 Å². The van der Waals surface area contributed by atoms with Gasteiger partial charge in [0.15, 0.2) is 0 Å². The van der Waals surface area contributed by atoms with E-state index in [2.05, 4.69) is 16.7 Å². The summed E-state index contributed by atoms with van der Waals surface area (Å²) in [6, 6.07) is 7.30. The molecule has 0 aliphatic carbocycles. The molecule has 0 saturated heterocycles. The Morgan fingerprint density at radius 3 is 2.90 bits per heavy atom. The number of ether oxygens (including phenoxy) is 1. The standard InChI is InChI=1S/C15H21N3O2/c1-11-6-4-7-14(13(11)10-16)18-12(2)15(19)17-8-5-9-20-3/h4,6-7,12,18H,5,8-9H2,1-3H3,(H,17,19). The highest BCUT2D eigenvalue weighted by Crippen LogP contribution is 2.19. The van der Waals surface area contributed by atoms with Gasteiger partial charge in [-0.25, -0.2) is 0 Å². The Morgan fingerprint density at radius 2 is 2.25 bits per heavy atom. The van der Waals surface area contributed by atoms with Crippen molar-refractivity contribution in [2.24, 2.45) is 0 Å². The highest BCUT2D eigenvalue weighted by atomic mass is 16.5. The van der Waals surface area contributed by atoms with Gasteiger partial charge in [-0.2, -0.15) is 5.26 Å². The third-order valence-electron chi connectivity index (χ3n) is 2.97. The first kappa shape index (κ1) is 16.0. The van der Waals surface area contributed by atoms with Gasteiger partial charge >= 0.3 is 0 Å². The summed E-state index contributed by atoms with van der Waals surface area (Å²) >= 11 is 0. The highest BCUT2D eigenvalue weighted by molar-refractivity contribution is 5.84. The minimum atomic E-state index is -0.397. The largest absolute Gasteiger partial charge is 0.385 e. The summed E-state index contributed by atoms with van der Waals surface area (Å²) in [5.41, 5.74) is 2.16. The molecule has 2 N–H and O–H groups in total. The van der Waals surface area contributed by atoms with E-state index in [1.807, 2.05) is 19.1 Å². The molecule has 0 spiro atoms. The molecular formula is C15H21N3O2. The van der Waals surface area contributed by atoms with Crippen molar-refractivity contribution in [3.63, 3.8) is 0 Å². The Labute approximate surface area is 119 Å². The van der Waals surface area contributed by atoms with Gasteiger partial charge in [-0.15, -0.1) is 0 Å². The van der Waals surface area contributed by atoms with E-state index in [0.29, 0.717) is 24.4 Å². The van der Waals surface area contributed by atoms with Crippen molar-refractivity contribution in [1.29, 1.82) is 5.26 Å². The molecule has 0 saturated carbocycles. The van der Waals surface area contributed by atoms with Crippen LogP contribution >= 0.6 is 0 Å². The number of nitriles is 1. The summed E-state index contributed by atoms with van der Waals surface area (Å²) < 4.78 is 4.92. The van der Waals surface area contributed by atoms with E-state index < -0.39 is 6.04 Å². The average Bonchev–Trinajstić information content (AvgIpc) is 2.43. The van der Waals surface area contributed by atoms with Crippen LogP contribution in [0.2, 0.25) is 0 Å². The maximum atomic E-state index is 11.9. The second-order valence-corrected chi connectivity index (χ2v) is 4.61. The third-order valence-corrected chi connectivity index (χ3v) is 2.97. The molecule has 1 aromatic rings. The Bertz CT molecular complexity index is 494. The molecule has 108 valence electrons. The van der Waals surface area contributed by atoms with E-state index >= 15 is 0 Å². The molecule has 0 heterocycles. The van der Waals surface area contributed by atoms with Crippen LogP contribution in [0.15, 0.2) is 18.2 Å². The van der Waals surface area contributed by atoms with Gasteiger partial charge < -0.3 is 15.4 Å². The number of aryl methyl sites for hydroxylation is 1. The van der Waals surface area contributed by atoms with Crippen LogP contribution in [-0.4, -0.2) is 32.2 Å². The molecule has 1 amide bonds. The number of nitrogens with one attached hydrogen (secondary N) is 2. The van der Waals surface area contributed by atoms with E-state index in [1.165, 1.54) is 0 Å². The van der Waals surface area contributed by atoms with Crippen LogP contribution < -0.4 is 10.6 Å². The average molecular weight is 275 g/mol. The fraction of sp³-hybridized carbons (Fsp3) is 0.467. The van der Waals surface area contributed by atoms with Gasteiger partial charge in [0.05, 0.1) is 11.3 Å². The van der Waals surface area contributed by atoms with Crippen molar-refractivity contribution in [1.82, 2.24) is 5.32 Å². The lowest BCUT2D eigenvalue weighted by molar-refractivity contribution is -0.121. The molecule has 0 radical (unpaired) electrons. The summed E-state index contributed by atoms with van der Waals surface area (Å²) in [5.74, 6) is -0.0912. The normalized spacial score (nSPS) is 11.5. The molecule has 0 bridgehead atoms. The highest BCUT2D eigenvalue weighted by Gasteiger charge is 2.14. The number of hydrogen-bond acceptors (Lipinski definition) is 4. The summed E-state index contributed by atoms with van der Waals surface area (Å²) in [4.78, 5) is 11.9. The molecule has 0 aliphatic heterocycles. The lowest BCUT2D eigenvalue weighted by atomic mass is 10.1. The second kappa shape index (κ2) is 8.18. The van der Waals surface area contributed by atoms with Crippen molar-refractivity contribution in [2.75, 3.05) is 25.6 Å². The van der Waals surface area contributed by atoms with E-state index in [-0.39, 0.29) is 5.91 Å². The monoisotopic (exact) mass is 275 g/mol. The number of methoxy groups -OCH3 is 1. The van der Waals surface area contributed by atoms with Crippen LogP contribution in [0, 0.1) is 18.3 Å². The van der Waals surface area contributed by atoms with Gasteiger partial charge in [-0.05, 0) is 31.9 Å². The quantitative estimate of drug-likeness (QED) is 0.744. The van der Waals surface area contributed by atoms with Gasteiger partial charge in [-0.3, -0.25) is 4.79 Å². The molecule has 20 heavy (non-hydrogen) atoms. The zero-order valence-corrected chi connectivity index (χ0v) is 12.2. The molecule has 5 nitrogen and oxygen atoms in total. The number of nitrogens with zero attached hydrogens (tertiary/aromatic N) is 1. The predicted octanol–water partition coefficient (Wildman–Crippen LogP) is 1.82. The maximum Gasteiger partial charge on any atom is 0.242 e. The van der Waals surface area contributed by atoms with Gasteiger partial charge in [0.2, 0.25) is 5.91 Å². The Balaban J connectivity index is 2.58. The van der Waals surface area contributed by atoms with Crippen LogP contribution in [0.1, 0.15) is 24.5 Å². The molecule has 1 atom stereocenters. The van der Waals surface area contributed by atoms with Gasteiger partial charge in [0.1, 0.15) is 12.1 Å². The molecule has 0 aliphatic rings. The maximum absolute atomic E-state index is 11.9. The molecule has 1 rings (SSSR count). The lowest BCUT2D eigenvalue weighted by Gasteiger charge is -2.16. The second-order valence-electron chi connectivity index (χ2n) is 4.61. The number of carbonyl (C=O) groups is 1. The lowest BCUT2D eigenvalue weighted by Crippen LogP contribution is -2.38. The summed E-state index contributed by atoms with van der Waals surface area (Å²) in [6.07, 6.45) is 0.781. The Hall–Kier alpha value is -2.06. The predicted molar refractivity (Wildman–Crippen MR) is 78.5 cm³/mol. The van der Waals surface area contributed by atoms with Crippen molar-refractivity contribution >= 4 is 11.6 Å². The first-order valence-corrected chi connectivity index (χ1v) is 6.63. The Kier molecular flexibility index (Phi) is 6.54. The topological polar surface area (TPSA) is 74.2 Å². The van der Waals surface area contributed by atoms with Crippen molar-refractivity contribution in [3.8, 4) is 6.07 Å². The van der Waals surface area contributed by atoms with Crippen molar-refractivity contribution < 1.29 is 9.53 Å². The molecular weight excluding hydrogens is 254 g/mol. The first-order chi connectivity index (χ1) is 9.60. The molecule has 0 fully saturated rings. The molecule has 0 aromatic heterocycles. The van der Waals surface area contributed by atoms with Gasteiger partial charge in [0.25, 0.3) is 0 Å². The summed E-state index contributed by atoms with van der Waals surface area (Å²) in [6.45, 7) is 4.85. The third kappa shape index (κ3) is 4.56. The number of hydrogen-bond donors (Lipinski definition) is 2. The molecule has 5 heteroatoms. The number of benzene rings is 1. The van der Waals surface area contributed by atoms with E-state index in [4.69, 9.17) is 10.00 Å². The smallest absolute Gasteiger partial charge is 0.242 e. The minimum Gasteiger partial charge on any atom is -0.385 e. The first-order valence-electron chi connectivity index (χ1n) is 6.63. The molecule has 1 aromatic carbocycles. The molecule has 1 unspecified atom stereocenters. The zero-order valence-electron chi connectivity index (χ0n) is 12.2. The number of amides is 1. The fourth-order valence-corrected chi connectivity index (χ4v) is 1.82. The SMILES string of the molecule is COCCCNC(=O)C(C)Nc1cccc(C)c1C#N. The van der Waals surface area contributed by atoms with E-state index in [1.54, 1.807) is 20.1 Å². The van der Waals surface area contributed by atoms with Crippen LogP contribution in [0.5, 0.6) is 0 Å². The van der Waals surface area contributed by atoms with E-state index in [0.717, 1.165) is 12.0 Å². The number of rotatable bonds is 7. The Morgan fingerprint density at radius 1 is 1.50 bits per heavy atom. The zero-order chi connectivity index (χ0) is 15.0.